The lowest BCUT2D eigenvalue weighted by molar-refractivity contribution is -0.117. The molecule has 0 heterocycles. The Labute approximate surface area is 95.8 Å². The van der Waals surface area contributed by atoms with Gasteiger partial charge in [-0.1, -0.05) is 0 Å². The van der Waals surface area contributed by atoms with Crippen LogP contribution in [0.25, 0.3) is 0 Å². The normalized spacial score (nSPS) is 10.1. The summed E-state index contributed by atoms with van der Waals surface area (Å²) in [6.07, 6.45) is 0.373. The Morgan fingerprint density at radius 1 is 1.50 bits per heavy atom. The number of nitrogens with one attached hydrogen (secondary N) is 1. The highest BCUT2D eigenvalue weighted by atomic mass is 16.5. The Bertz CT molecular complexity index is 364. The molecule has 0 spiro atoms. The van der Waals surface area contributed by atoms with Crippen molar-refractivity contribution in [2.24, 2.45) is 0 Å². The third-order valence-corrected chi connectivity index (χ3v) is 2.20. The zero-order valence-corrected chi connectivity index (χ0v) is 9.75. The number of rotatable bonds is 5. The van der Waals surface area contributed by atoms with Crippen molar-refractivity contribution in [3.05, 3.63) is 23.8 Å². The molecule has 4 nitrogen and oxygen atoms in total. The molecule has 0 bridgehead atoms. The third-order valence-electron chi connectivity index (χ3n) is 2.20. The van der Waals surface area contributed by atoms with Crippen molar-refractivity contribution < 1.29 is 9.53 Å². The van der Waals surface area contributed by atoms with Gasteiger partial charge in [0.15, 0.2) is 0 Å². The van der Waals surface area contributed by atoms with Crippen molar-refractivity contribution in [3.8, 4) is 0 Å². The van der Waals surface area contributed by atoms with E-state index in [-0.39, 0.29) is 5.91 Å². The summed E-state index contributed by atoms with van der Waals surface area (Å²) >= 11 is 0. The van der Waals surface area contributed by atoms with Gasteiger partial charge in [0.2, 0.25) is 5.91 Å². The van der Waals surface area contributed by atoms with Gasteiger partial charge in [-0.2, -0.15) is 0 Å². The summed E-state index contributed by atoms with van der Waals surface area (Å²) in [6.45, 7) is 4.90. The minimum Gasteiger partial charge on any atom is -0.399 e. The molecule has 16 heavy (non-hydrogen) atoms. The van der Waals surface area contributed by atoms with E-state index in [0.717, 1.165) is 11.3 Å². The predicted molar refractivity (Wildman–Crippen MR) is 65.3 cm³/mol. The fourth-order valence-corrected chi connectivity index (χ4v) is 1.35. The fourth-order valence-electron chi connectivity index (χ4n) is 1.35. The second kappa shape index (κ2) is 6.12. The number of benzene rings is 1. The highest BCUT2D eigenvalue weighted by molar-refractivity contribution is 5.91. The first-order chi connectivity index (χ1) is 7.63. The van der Waals surface area contributed by atoms with E-state index in [1.807, 2.05) is 26.0 Å². The van der Waals surface area contributed by atoms with Gasteiger partial charge in [0.25, 0.3) is 0 Å². The second-order valence-corrected chi connectivity index (χ2v) is 3.57. The first-order valence-corrected chi connectivity index (χ1v) is 5.37. The van der Waals surface area contributed by atoms with E-state index in [4.69, 9.17) is 10.5 Å². The molecule has 1 amide bonds. The lowest BCUT2D eigenvalue weighted by atomic mass is 10.2. The molecule has 0 saturated carbocycles. The van der Waals surface area contributed by atoms with Gasteiger partial charge in [-0.25, -0.2) is 0 Å². The zero-order valence-electron chi connectivity index (χ0n) is 9.75. The van der Waals surface area contributed by atoms with Crippen LogP contribution in [0, 0.1) is 6.92 Å². The molecule has 1 aromatic carbocycles. The highest BCUT2D eigenvalue weighted by Gasteiger charge is 2.04. The largest absolute Gasteiger partial charge is 0.399 e. The maximum atomic E-state index is 11.5. The third kappa shape index (κ3) is 3.90. The Morgan fingerprint density at radius 3 is 2.88 bits per heavy atom. The molecule has 0 atom stereocenters. The average molecular weight is 222 g/mol. The number of amides is 1. The monoisotopic (exact) mass is 222 g/mol. The summed E-state index contributed by atoms with van der Waals surface area (Å²) in [5.41, 5.74) is 8.09. The van der Waals surface area contributed by atoms with Crippen LogP contribution in [0.1, 0.15) is 18.9 Å². The molecule has 0 aliphatic heterocycles. The van der Waals surface area contributed by atoms with Gasteiger partial charge in [-0.05, 0) is 37.6 Å². The van der Waals surface area contributed by atoms with E-state index >= 15 is 0 Å². The lowest BCUT2D eigenvalue weighted by Gasteiger charge is -2.08. The minimum absolute atomic E-state index is 0.0404. The molecule has 0 aliphatic carbocycles. The Hall–Kier alpha value is -1.55. The van der Waals surface area contributed by atoms with Crippen LogP contribution in [0.5, 0.6) is 0 Å². The summed E-state index contributed by atoms with van der Waals surface area (Å²) in [5, 5.41) is 2.82. The first kappa shape index (κ1) is 12.5. The summed E-state index contributed by atoms with van der Waals surface area (Å²) in [5.74, 6) is -0.0404. The predicted octanol–water partition coefficient (Wildman–Crippen LogP) is 1.94. The topological polar surface area (TPSA) is 64.3 Å². The van der Waals surface area contributed by atoms with Gasteiger partial charge in [-0.15, -0.1) is 0 Å². The van der Waals surface area contributed by atoms with Gasteiger partial charge in [0.1, 0.15) is 0 Å². The van der Waals surface area contributed by atoms with E-state index in [2.05, 4.69) is 5.32 Å². The van der Waals surface area contributed by atoms with Gasteiger partial charge in [0, 0.05) is 18.0 Å². The molecule has 1 aromatic rings. The van der Waals surface area contributed by atoms with E-state index in [0.29, 0.717) is 25.3 Å². The van der Waals surface area contributed by atoms with Crippen molar-refractivity contribution in [2.45, 2.75) is 20.3 Å². The highest BCUT2D eigenvalue weighted by Crippen LogP contribution is 2.17. The number of carbonyl (C=O) groups is 1. The SMILES string of the molecule is CCOCCC(=O)Nc1ccc(N)cc1C. The fraction of sp³-hybridized carbons (Fsp3) is 0.417. The van der Waals surface area contributed by atoms with Crippen LogP contribution in [0.2, 0.25) is 0 Å². The van der Waals surface area contributed by atoms with Crippen molar-refractivity contribution in [3.63, 3.8) is 0 Å². The molecule has 4 heteroatoms. The van der Waals surface area contributed by atoms with Crippen molar-refractivity contribution in [1.82, 2.24) is 0 Å². The standard InChI is InChI=1S/C12H18N2O2/c1-3-16-7-6-12(15)14-11-5-4-10(13)8-9(11)2/h4-5,8H,3,6-7,13H2,1-2H3,(H,14,15). The summed E-state index contributed by atoms with van der Waals surface area (Å²) < 4.78 is 5.11. The van der Waals surface area contributed by atoms with Crippen LogP contribution in [0.4, 0.5) is 11.4 Å². The number of hydrogen-bond acceptors (Lipinski definition) is 3. The average Bonchev–Trinajstić information content (AvgIpc) is 2.23. The van der Waals surface area contributed by atoms with Gasteiger partial charge in [-0.3, -0.25) is 4.79 Å². The molecule has 0 aliphatic rings. The maximum Gasteiger partial charge on any atom is 0.226 e. The maximum absolute atomic E-state index is 11.5. The Morgan fingerprint density at radius 2 is 2.25 bits per heavy atom. The van der Waals surface area contributed by atoms with Gasteiger partial charge in [0.05, 0.1) is 13.0 Å². The Balaban J connectivity index is 2.49. The first-order valence-electron chi connectivity index (χ1n) is 5.37. The molecule has 3 N–H and O–H groups in total. The summed E-state index contributed by atoms with van der Waals surface area (Å²) in [6, 6.07) is 5.41. The molecule has 88 valence electrons. The van der Waals surface area contributed by atoms with Gasteiger partial charge >= 0.3 is 0 Å². The van der Waals surface area contributed by atoms with E-state index in [9.17, 15) is 4.79 Å². The molecule has 1 rings (SSSR count). The molecular weight excluding hydrogens is 204 g/mol. The molecule has 0 fully saturated rings. The quantitative estimate of drug-likeness (QED) is 0.591. The number of aryl methyl sites for hydroxylation is 1. The number of anilines is 2. The molecular formula is C12H18N2O2. The zero-order chi connectivity index (χ0) is 12.0. The van der Waals surface area contributed by atoms with Crippen LogP contribution >= 0.6 is 0 Å². The van der Waals surface area contributed by atoms with E-state index < -0.39 is 0 Å². The van der Waals surface area contributed by atoms with E-state index in [1.165, 1.54) is 0 Å². The molecule has 0 aromatic heterocycles. The van der Waals surface area contributed by atoms with Gasteiger partial charge < -0.3 is 15.8 Å². The number of ether oxygens (including phenoxy) is 1. The Kier molecular flexibility index (Phi) is 4.79. The van der Waals surface area contributed by atoms with Crippen LogP contribution in [0.3, 0.4) is 0 Å². The molecule has 0 radical (unpaired) electrons. The molecule has 0 unspecified atom stereocenters. The van der Waals surface area contributed by atoms with E-state index in [1.54, 1.807) is 6.07 Å². The number of hydrogen-bond donors (Lipinski definition) is 2. The minimum atomic E-state index is -0.0404. The molecule has 0 saturated heterocycles. The van der Waals surface area contributed by atoms with Crippen molar-refractivity contribution >= 4 is 17.3 Å². The van der Waals surface area contributed by atoms with Crippen LogP contribution < -0.4 is 11.1 Å². The number of carbonyl (C=O) groups excluding carboxylic acids is 1. The van der Waals surface area contributed by atoms with Crippen LogP contribution in [-0.4, -0.2) is 19.1 Å². The van der Waals surface area contributed by atoms with Crippen LogP contribution in [-0.2, 0) is 9.53 Å². The van der Waals surface area contributed by atoms with Crippen molar-refractivity contribution in [1.29, 1.82) is 0 Å². The summed E-state index contributed by atoms with van der Waals surface area (Å²) in [4.78, 5) is 11.5. The van der Waals surface area contributed by atoms with Crippen LogP contribution in [0.15, 0.2) is 18.2 Å². The second-order valence-electron chi connectivity index (χ2n) is 3.57. The smallest absolute Gasteiger partial charge is 0.226 e. The number of nitrogens with two attached hydrogens (primary N) is 1. The number of nitrogen functional groups attached to an aromatic ring is 1. The lowest BCUT2D eigenvalue weighted by Crippen LogP contribution is -2.14. The summed E-state index contributed by atoms with van der Waals surface area (Å²) in [7, 11) is 0. The van der Waals surface area contributed by atoms with Crippen molar-refractivity contribution in [2.75, 3.05) is 24.3 Å².